The van der Waals surface area contributed by atoms with Crippen molar-refractivity contribution in [3.63, 3.8) is 0 Å². The van der Waals surface area contributed by atoms with Crippen LogP contribution in [-0.2, 0) is 16.1 Å². The molecule has 3 aliphatic rings. The number of likely N-dealkylation sites (tertiary alicyclic amines) is 1. The van der Waals surface area contributed by atoms with E-state index in [1.165, 1.54) is 6.42 Å². The van der Waals surface area contributed by atoms with Gasteiger partial charge in [0.05, 0.1) is 5.56 Å². The average Bonchev–Trinajstić information content (AvgIpc) is 3.08. The van der Waals surface area contributed by atoms with Gasteiger partial charge in [0.2, 0.25) is 0 Å². The van der Waals surface area contributed by atoms with Crippen molar-refractivity contribution in [2.75, 3.05) is 13.1 Å². The summed E-state index contributed by atoms with van der Waals surface area (Å²) in [5, 5.41) is 7.08. The molecule has 1 saturated heterocycles. The number of rotatable bonds is 4. The Hall–Kier alpha value is -2.44. The summed E-state index contributed by atoms with van der Waals surface area (Å²) < 4.78 is 0. The summed E-state index contributed by atoms with van der Waals surface area (Å²) in [5.41, 5.74) is 1.65. The van der Waals surface area contributed by atoms with Crippen molar-refractivity contribution in [1.29, 1.82) is 0 Å². The molecule has 1 aromatic heterocycles. The Morgan fingerprint density at radius 3 is 2.67 bits per heavy atom. The SMILES string of the molecule is CCc1ccc(C(=O)N2CCC3(CC2)CC(C(=O)NC2CCC2)=NO3)cn1. The van der Waals surface area contributed by atoms with Crippen LogP contribution in [0.1, 0.15) is 61.5 Å². The highest BCUT2D eigenvalue weighted by Crippen LogP contribution is 2.35. The lowest BCUT2D eigenvalue weighted by Gasteiger charge is -2.37. The van der Waals surface area contributed by atoms with Gasteiger partial charge in [0.1, 0.15) is 11.3 Å². The van der Waals surface area contributed by atoms with Crippen molar-refractivity contribution in [3.05, 3.63) is 29.6 Å². The van der Waals surface area contributed by atoms with Crippen molar-refractivity contribution >= 4 is 17.5 Å². The molecule has 0 bridgehead atoms. The zero-order valence-corrected chi connectivity index (χ0v) is 15.7. The molecule has 2 aliphatic heterocycles. The number of aryl methyl sites for hydroxylation is 1. The molecule has 1 aliphatic carbocycles. The van der Waals surface area contributed by atoms with Gasteiger partial charge >= 0.3 is 0 Å². The number of piperidine rings is 1. The number of nitrogens with one attached hydrogen (secondary N) is 1. The van der Waals surface area contributed by atoms with Crippen LogP contribution in [0.4, 0.5) is 0 Å². The number of carbonyl (C=O) groups is 2. The molecule has 27 heavy (non-hydrogen) atoms. The first-order valence-electron chi connectivity index (χ1n) is 9.89. The Labute approximate surface area is 159 Å². The first kappa shape index (κ1) is 17.9. The summed E-state index contributed by atoms with van der Waals surface area (Å²) in [6.45, 7) is 3.24. The van der Waals surface area contributed by atoms with E-state index in [1.54, 1.807) is 6.20 Å². The summed E-state index contributed by atoms with van der Waals surface area (Å²) in [5.74, 6) is -0.0981. The maximum atomic E-state index is 12.7. The topological polar surface area (TPSA) is 83.9 Å². The predicted molar refractivity (Wildman–Crippen MR) is 100 cm³/mol. The predicted octanol–water partition coefficient (Wildman–Crippen LogP) is 2.06. The van der Waals surface area contributed by atoms with Crippen LogP contribution in [0.2, 0.25) is 0 Å². The van der Waals surface area contributed by atoms with Crippen LogP contribution in [0.3, 0.4) is 0 Å². The Bertz CT molecular complexity index is 747. The molecule has 7 nitrogen and oxygen atoms in total. The molecular weight excluding hydrogens is 344 g/mol. The zero-order valence-electron chi connectivity index (χ0n) is 15.7. The molecule has 1 N–H and O–H groups in total. The lowest BCUT2D eigenvalue weighted by atomic mass is 9.86. The van der Waals surface area contributed by atoms with Gasteiger partial charge in [-0.15, -0.1) is 0 Å². The summed E-state index contributed by atoms with van der Waals surface area (Å²) in [6.07, 6.45) is 7.69. The molecule has 144 valence electrons. The van der Waals surface area contributed by atoms with Gasteiger partial charge in [-0.3, -0.25) is 14.6 Å². The molecule has 7 heteroatoms. The van der Waals surface area contributed by atoms with Gasteiger partial charge in [0.15, 0.2) is 0 Å². The number of hydrogen-bond acceptors (Lipinski definition) is 5. The van der Waals surface area contributed by atoms with E-state index in [0.29, 0.717) is 49.7 Å². The molecule has 1 saturated carbocycles. The van der Waals surface area contributed by atoms with E-state index in [2.05, 4.69) is 15.5 Å². The Morgan fingerprint density at radius 2 is 2.07 bits per heavy atom. The van der Waals surface area contributed by atoms with Crippen molar-refractivity contribution in [2.45, 2.75) is 63.5 Å². The lowest BCUT2D eigenvalue weighted by Crippen LogP contribution is -2.48. The van der Waals surface area contributed by atoms with Crippen LogP contribution < -0.4 is 5.32 Å². The molecule has 0 radical (unpaired) electrons. The maximum Gasteiger partial charge on any atom is 0.269 e. The fourth-order valence-electron chi connectivity index (χ4n) is 3.79. The first-order valence-corrected chi connectivity index (χ1v) is 9.89. The van der Waals surface area contributed by atoms with Crippen LogP contribution in [0.5, 0.6) is 0 Å². The van der Waals surface area contributed by atoms with E-state index < -0.39 is 5.60 Å². The van der Waals surface area contributed by atoms with Crippen LogP contribution >= 0.6 is 0 Å². The number of aromatic nitrogens is 1. The fraction of sp³-hybridized carbons (Fsp3) is 0.600. The third-order valence-corrected chi connectivity index (χ3v) is 5.94. The highest BCUT2D eigenvalue weighted by atomic mass is 16.7. The minimum atomic E-state index is -0.437. The van der Waals surface area contributed by atoms with Gasteiger partial charge < -0.3 is 15.1 Å². The second kappa shape index (κ2) is 7.29. The number of nitrogens with zero attached hydrogens (tertiary/aromatic N) is 3. The minimum absolute atomic E-state index is 0.00173. The van der Waals surface area contributed by atoms with Crippen molar-refractivity contribution in [2.24, 2.45) is 5.16 Å². The second-order valence-electron chi connectivity index (χ2n) is 7.77. The number of hydrogen-bond donors (Lipinski definition) is 1. The average molecular weight is 370 g/mol. The van der Waals surface area contributed by atoms with Crippen molar-refractivity contribution in [3.8, 4) is 0 Å². The second-order valence-corrected chi connectivity index (χ2v) is 7.77. The quantitative estimate of drug-likeness (QED) is 0.879. The highest BCUT2D eigenvalue weighted by molar-refractivity contribution is 6.39. The number of pyridine rings is 1. The Morgan fingerprint density at radius 1 is 1.30 bits per heavy atom. The van der Waals surface area contributed by atoms with Crippen LogP contribution in [0, 0.1) is 0 Å². The van der Waals surface area contributed by atoms with E-state index >= 15 is 0 Å². The summed E-state index contributed by atoms with van der Waals surface area (Å²) >= 11 is 0. The zero-order chi connectivity index (χ0) is 18.9. The number of oxime groups is 1. The van der Waals surface area contributed by atoms with E-state index in [9.17, 15) is 9.59 Å². The normalized spacial score (nSPS) is 21.4. The molecule has 0 atom stereocenters. The third kappa shape index (κ3) is 3.68. The summed E-state index contributed by atoms with van der Waals surface area (Å²) in [6, 6.07) is 4.04. The molecule has 3 heterocycles. The summed E-state index contributed by atoms with van der Waals surface area (Å²) in [4.78, 5) is 36.8. The van der Waals surface area contributed by atoms with Crippen LogP contribution in [-0.4, -0.2) is 52.1 Å². The molecule has 2 amide bonds. The van der Waals surface area contributed by atoms with E-state index in [4.69, 9.17) is 4.84 Å². The van der Waals surface area contributed by atoms with E-state index in [0.717, 1.165) is 25.0 Å². The highest BCUT2D eigenvalue weighted by Gasteiger charge is 2.44. The summed E-state index contributed by atoms with van der Waals surface area (Å²) in [7, 11) is 0. The van der Waals surface area contributed by atoms with Gasteiger partial charge in [-0.2, -0.15) is 0 Å². The monoisotopic (exact) mass is 370 g/mol. The smallest absolute Gasteiger partial charge is 0.269 e. The Kier molecular flexibility index (Phi) is 4.85. The Balaban J connectivity index is 1.31. The third-order valence-electron chi connectivity index (χ3n) is 5.94. The van der Waals surface area contributed by atoms with Crippen molar-refractivity contribution in [1.82, 2.24) is 15.2 Å². The molecular formula is C20H26N4O3. The van der Waals surface area contributed by atoms with E-state index in [1.807, 2.05) is 24.0 Å². The largest absolute Gasteiger partial charge is 0.388 e. The number of amides is 2. The number of carbonyl (C=O) groups excluding carboxylic acids is 2. The van der Waals surface area contributed by atoms with Crippen LogP contribution in [0.25, 0.3) is 0 Å². The molecule has 1 aromatic rings. The molecule has 0 aromatic carbocycles. The van der Waals surface area contributed by atoms with Gasteiger partial charge in [0, 0.05) is 50.3 Å². The molecule has 4 rings (SSSR count). The molecule has 0 unspecified atom stereocenters. The minimum Gasteiger partial charge on any atom is -0.388 e. The van der Waals surface area contributed by atoms with Gasteiger partial charge in [-0.25, -0.2) is 0 Å². The fourth-order valence-corrected chi connectivity index (χ4v) is 3.79. The van der Waals surface area contributed by atoms with E-state index in [-0.39, 0.29) is 11.8 Å². The standard InChI is InChI=1S/C20H26N4O3/c1-2-15-7-6-14(13-21-15)19(26)24-10-8-20(9-11-24)12-17(23-27-20)18(25)22-16-4-3-5-16/h6-7,13,16H,2-5,8-12H2,1H3,(H,22,25). The van der Waals surface area contributed by atoms with Gasteiger partial charge in [-0.1, -0.05) is 12.1 Å². The van der Waals surface area contributed by atoms with Crippen molar-refractivity contribution < 1.29 is 14.4 Å². The van der Waals surface area contributed by atoms with Crippen LogP contribution in [0.15, 0.2) is 23.5 Å². The molecule has 2 fully saturated rings. The van der Waals surface area contributed by atoms with Gasteiger partial charge in [-0.05, 0) is 37.8 Å². The lowest BCUT2D eigenvalue weighted by molar-refractivity contribution is -0.116. The molecule has 1 spiro atoms. The van der Waals surface area contributed by atoms with Gasteiger partial charge in [0.25, 0.3) is 11.8 Å². The maximum absolute atomic E-state index is 12.7. The first-order chi connectivity index (χ1) is 13.1.